The largest absolute Gasteiger partial charge is 0.494 e. The molecule has 9 nitrogen and oxygen atoms in total. The number of nitrogens with zero attached hydrogens (tertiary/aromatic N) is 5. The number of carbonyl (C=O) groups is 2. The first kappa shape index (κ1) is 24.4. The Morgan fingerprint density at radius 3 is 2.79 bits per heavy atom. The van der Waals surface area contributed by atoms with Crippen molar-refractivity contribution in [3.8, 4) is 28.7 Å². The zero-order valence-corrected chi connectivity index (χ0v) is 21.1. The highest BCUT2D eigenvalue weighted by atomic mass is 32.1. The van der Waals surface area contributed by atoms with Crippen LogP contribution >= 0.6 is 11.3 Å². The number of carbonyl (C=O) groups excluding carboxylic acids is 2. The normalized spacial score (nSPS) is 20.0. The smallest absolute Gasteiger partial charge is 0.280 e. The second kappa shape index (κ2) is 9.72. The molecule has 2 amide bonds. The van der Waals surface area contributed by atoms with Gasteiger partial charge in [0.15, 0.2) is 5.01 Å². The lowest BCUT2D eigenvalue weighted by Gasteiger charge is -2.26. The SMILES string of the molecule is COc1cnc(C(F)F)cc1-c1cc(N2CC[C@H]3C[C@H]3C2=O)ncc1C(=O)Nc1nnc(C#CC2CC2)s1. The molecule has 194 valence electrons. The van der Waals surface area contributed by atoms with E-state index in [0.717, 1.165) is 37.0 Å². The van der Waals surface area contributed by atoms with Crippen LogP contribution in [0.1, 0.15) is 53.2 Å². The first-order valence-electron chi connectivity index (χ1n) is 12.2. The van der Waals surface area contributed by atoms with Crippen molar-refractivity contribution < 1.29 is 23.1 Å². The minimum Gasteiger partial charge on any atom is -0.494 e. The highest BCUT2D eigenvalue weighted by molar-refractivity contribution is 7.15. The molecule has 38 heavy (non-hydrogen) atoms. The fraction of sp³-hybridized carbons (Fsp3) is 0.385. The highest BCUT2D eigenvalue weighted by Crippen LogP contribution is 2.47. The summed E-state index contributed by atoms with van der Waals surface area (Å²) in [7, 11) is 1.39. The molecule has 1 aliphatic heterocycles. The Kier molecular flexibility index (Phi) is 6.23. The van der Waals surface area contributed by atoms with Gasteiger partial charge in [0, 0.05) is 35.7 Å². The molecular formula is C26H22F2N6O3S. The number of hydrogen-bond donors (Lipinski definition) is 1. The van der Waals surface area contributed by atoms with Crippen molar-refractivity contribution in [1.82, 2.24) is 20.2 Å². The van der Waals surface area contributed by atoms with E-state index < -0.39 is 18.0 Å². The van der Waals surface area contributed by atoms with Gasteiger partial charge in [-0.05, 0) is 49.7 Å². The van der Waals surface area contributed by atoms with Crippen molar-refractivity contribution >= 4 is 34.1 Å². The molecule has 2 atom stereocenters. The quantitative estimate of drug-likeness (QED) is 0.467. The van der Waals surface area contributed by atoms with Crippen LogP contribution in [-0.2, 0) is 4.79 Å². The van der Waals surface area contributed by atoms with Crippen LogP contribution in [0.2, 0.25) is 0 Å². The lowest BCUT2D eigenvalue weighted by Crippen LogP contribution is -2.37. The van der Waals surface area contributed by atoms with E-state index in [1.807, 2.05) is 0 Å². The average molecular weight is 537 g/mol. The van der Waals surface area contributed by atoms with Gasteiger partial charge in [0.05, 0.1) is 18.9 Å². The lowest BCUT2D eigenvalue weighted by atomic mass is 9.99. The number of aromatic nitrogens is 4. The predicted molar refractivity (Wildman–Crippen MR) is 135 cm³/mol. The molecule has 3 aromatic heterocycles. The molecule has 3 fully saturated rings. The van der Waals surface area contributed by atoms with Crippen LogP contribution in [0.5, 0.6) is 5.75 Å². The van der Waals surface area contributed by atoms with E-state index in [1.165, 1.54) is 25.6 Å². The molecule has 1 saturated heterocycles. The summed E-state index contributed by atoms with van der Waals surface area (Å²) < 4.78 is 32.5. The molecule has 0 unspecified atom stereocenters. The van der Waals surface area contributed by atoms with Gasteiger partial charge < -0.3 is 4.74 Å². The maximum absolute atomic E-state index is 13.6. The summed E-state index contributed by atoms with van der Waals surface area (Å²) in [6.45, 7) is 0.503. The van der Waals surface area contributed by atoms with E-state index in [-0.39, 0.29) is 39.4 Å². The van der Waals surface area contributed by atoms with E-state index in [1.54, 1.807) is 11.0 Å². The number of piperidine rings is 1. The molecule has 1 N–H and O–H groups in total. The van der Waals surface area contributed by atoms with Gasteiger partial charge in [-0.25, -0.2) is 13.8 Å². The van der Waals surface area contributed by atoms with Crippen LogP contribution in [0, 0.1) is 29.6 Å². The number of amides is 2. The Morgan fingerprint density at radius 2 is 2.03 bits per heavy atom. The molecule has 3 aliphatic rings. The molecule has 0 spiro atoms. The zero-order valence-electron chi connectivity index (χ0n) is 20.3. The first-order valence-corrected chi connectivity index (χ1v) is 13.0. The summed E-state index contributed by atoms with van der Waals surface area (Å²) in [4.78, 5) is 36.1. The zero-order chi connectivity index (χ0) is 26.4. The third-order valence-electron chi connectivity index (χ3n) is 6.87. The molecule has 0 radical (unpaired) electrons. The fourth-order valence-electron chi connectivity index (χ4n) is 4.53. The number of fused-ring (bicyclic) bond motifs is 1. The fourth-order valence-corrected chi connectivity index (χ4v) is 5.13. The second-order valence-corrected chi connectivity index (χ2v) is 10.5. The van der Waals surface area contributed by atoms with Gasteiger partial charge in [-0.1, -0.05) is 17.3 Å². The number of hydrogen-bond acceptors (Lipinski definition) is 8. The summed E-state index contributed by atoms with van der Waals surface area (Å²) in [5.41, 5.74) is 0.127. The summed E-state index contributed by atoms with van der Waals surface area (Å²) in [5, 5.41) is 11.4. The summed E-state index contributed by atoms with van der Waals surface area (Å²) in [5.74, 6) is 6.83. The van der Waals surface area contributed by atoms with Gasteiger partial charge in [-0.3, -0.25) is 24.8 Å². The van der Waals surface area contributed by atoms with Crippen LogP contribution in [-0.4, -0.2) is 45.6 Å². The van der Waals surface area contributed by atoms with Crippen LogP contribution in [0.3, 0.4) is 0 Å². The van der Waals surface area contributed by atoms with Crippen LogP contribution in [0.15, 0.2) is 24.5 Å². The Balaban J connectivity index is 1.38. The number of anilines is 2. The van der Waals surface area contributed by atoms with Crippen molar-refractivity contribution in [3.05, 3.63) is 40.8 Å². The molecule has 12 heteroatoms. The molecule has 0 bridgehead atoms. The van der Waals surface area contributed by atoms with Gasteiger partial charge in [0.25, 0.3) is 12.3 Å². The first-order chi connectivity index (χ1) is 18.4. The average Bonchev–Trinajstić information content (AvgIpc) is 3.85. The van der Waals surface area contributed by atoms with Gasteiger partial charge in [-0.2, -0.15) is 0 Å². The van der Waals surface area contributed by atoms with Gasteiger partial charge in [0.2, 0.25) is 11.0 Å². The second-order valence-electron chi connectivity index (χ2n) is 9.49. The third kappa shape index (κ3) is 4.81. The summed E-state index contributed by atoms with van der Waals surface area (Å²) in [6, 6.07) is 2.75. The van der Waals surface area contributed by atoms with Crippen molar-refractivity contribution in [1.29, 1.82) is 0 Å². The maximum Gasteiger partial charge on any atom is 0.280 e. The number of alkyl halides is 2. The number of pyridine rings is 2. The molecule has 6 rings (SSSR count). The van der Waals surface area contributed by atoms with E-state index >= 15 is 0 Å². The minimum absolute atomic E-state index is 0.00696. The minimum atomic E-state index is -2.83. The maximum atomic E-state index is 13.6. The Morgan fingerprint density at radius 1 is 1.18 bits per heavy atom. The van der Waals surface area contributed by atoms with Gasteiger partial charge in [0.1, 0.15) is 17.3 Å². The Hall–Kier alpha value is -3.98. The Labute approximate surface area is 220 Å². The molecule has 2 aliphatic carbocycles. The number of ether oxygens (including phenoxy) is 1. The van der Waals surface area contributed by atoms with Crippen LogP contribution < -0.4 is 15.0 Å². The van der Waals surface area contributed by atoms with Gasteiger partial charge in [-0.15, -0.1) is 10.2 Å². The van der Waals surface area contributed by atoms with Crippen LogP contribution in [0.25, 0.3) is 11.1 Å². The third-order valence-corrected chi connectivity index (χ3v) is 7.62. The number of halogens is 2. The standard InChI is InChI=1S/C26H22F2N6O3S/c1-37-20-12-29-19(23(27)28)9-17(20)16-10-21(34-7-6-14-8-15(14)25(34)36)30-11-18(16)24(35)31-26-33-32-22(38-26)5-4-13-2-3-13/h9-15,23H,2-3,6-8H2,1H3,(H,31,33,35)/t14-,15+/m0/s1. The summed E-state index contributed by atoms with van der Waals surface area (Å²) in [6.07, 6.45) is 3.59. The molecular weight excluding hydrogens is 514 g/mol. The van der Waals surface area contributed by atoms with E-state index in [2.05, 4.69) is 37.3 Å². The number of nitrogens with one attached hydrogen (secondary N) is 1. The molecule has 2 saturated carbocycles. The van der Waals surface area contributed by atoms with Crippen molar-refractivity contribution in [3.63, 3.8) is 0 Å². The molecule has 0 aromatic carbocycles. The number of rotatable bonds is 6. The van der Waals surface area contributed by atoms with Crippen molar-refractivity contribution in [2.45, 2.75) is 32.1 Å². The van der Waals surface area contributed by atoms with E-state index in [4.69, 9.17) is 4.74 Å². The van der Waals surface area contributed by atoms with Crippen molar-refractivity contribution in [2.75, 3.05) is 23.9 Å². The Bertz CT molecular complexity index is 1500. The number of methoxy groups -OCH3 is 1. The van der Waals surface area contributed by atoms with Gasteiger partial charge >= 0.3 is 0 Å². The van der Waals surface area contributed by atoms with Crippen LogP contribution in [0.4, 0.5) is 19.7 Å². The summed E-state index contributed by atoms with van der Waals surface area (Å²) >= 11 is 1.14. The topological polar surface area (TPSA) is 110 Å². The molecule has 4 heterocycles. The monoisotopic (exact) mass is 536 g/mol. The predicted octanol–water partition coefficient (Wildman–Crippen LogP) is 4.33. The highest BCUT2D eigenvalue weighted by Gasteiger charge is 2.48. The van der Waals surface area contributed by atoms with E-state index in [0.29, 0.717) is 29.2 Å². The van der Waals surface area contributed by atoms with E-state index in [9.17, 15) is 18.4 Å². The lowest BCUT2D eigenvalue weighted by molar-refractivity contribution is -0.120. The molecule has 3 aromatic rings. The van der Waals surface area contributed by atoms with Crippen molar-refractivity contribution in [2.24, 2.45) is 17.8 Å².